The van der Waals surface area contributed by atoms with Gasteiger partial charge in [0.25, 0.3) is 0 Å². The summed E-state index contributed by atoms with van der Waals surface area (Å²) in [4.78, 5) is 12.3. The predicted octanol–water partition coefficient (Wildman–Crippen LogP) is 5.21. The third-order valence-corrected chi connectivity index (χ3v) is 7.30. The summed E-state index contributed by atoms with van der Waals surface area (Å²) >= 11 is 2.24. The number of benzene rings is 2. The molecule has 1 aliphatic heterocycles. The zero-order valence-electron chi connectivity index (χ0n) is 17.4. The lowest BCUT2D eigenvalue weighted by Crippen LogP contribution is -2.31. The fraction of sp³-hybridized carbons (Fsp3) is 0.261. The van der Waals surface area contributed by atoms with Crippen LogP contribution in [0.5, 0.6) is 5.88 Å². The first-order valence-electron chi connectivity index (χ1n) is 10.1. The van der Waals surface area contributed by atoms with Gasteiger partial charge in [0.05, 0.1) is 24.5 Å². The minimum atomic E-state index is 0.671. The Bertz CT molecular complexity index is 1230. The van der Waals surface area contributed by atoms with Crippen LogP contribution in [0.3, 0.4) is 0 Å². The SMILES string of the molecule is COc1nc(-c2c(C)ccc3c2cnn3SI)nc2c1CN(Cc1ccccc1)CC2. The maximum absolute atomic E-state index is 5.75. The van der Waals surface area contributed by atoms with Crippen molar-refractivity contribution in [1.82, 2.24) is 24.1 Å². The highest BCUT2D eigenvalue weighted by Crippen LogP contribution is 2.35. The van der Waals surface area contributed by atoms with Crippen LogP contribution in [0.25, 0.3) is 22.3 Å². The zero-order valence-corrected chi connectivity index (χ0v) is 20.4. The number of hydrogen-bond donors (Lipinski definition) is 0. The van der Waals surface area contributed by atoms with Gasteiger partial charge in [-0.1, -0.05) is 36.4 Å². The van der Waals surface area contributed by atoms with Crippen molar-refractivity contribution in [2.75, 3.05) is 13.7 Å². The number of ether oxygens (including phenoxy) is 1. The van der Waals surface area contributed by atoms with E-state index in [1.165, 1.54) is 5.56 Å². The number of fused-ring (bicyclic) bond motifs is 2. The number of aryl methyl sites for hydroxylation is 1. The highest BCUT2D eigenvalue weighted by Gasteiger charge is 2.25. The minimum Gasteiger partial charge on any atom is -0.481 e. The molecule has 8 heteroatoms. The summed E-state index contributed by atoms with van der Waals surface area (Å²) in [6.07, 6.45) is 2.78. The van der Waals surface area contributed by atoms with Gasteiger partial charge in [-0.2, -0.15) is 14.2 Å². The first kappa shape index (κ1) is 20.7. The van der Waals surface area contributed by atoms with Crippen LogP contribution in [0.15, 0.2) is 48.7 Å². The molecule has 0 amide bonds. The van der Waals surface area contributed by atoms with Crippen LogP contribution in [0.1, 0.15) is 22.4 Å². The Morgan fingerprint density at radius 1 is 1.13 bits per heavy atom. The summed E-state index contributed by atoms with van der Waals surface area (Å²) in [6.45, 7) is 4.77. The molecule has 0 aliphatic carbocycles. The molecular weight excluding hydrogens is 521 g/mol. The van der Waals surface area contributed by atoms with E-state index >= 15 is 0 Å². The maximum atomic E-state index is 5.75. The van der Waals surface area contributed by atoms with Crippen molar-refractivity contribution in [3.63, 3.8) is 0 Å². The van der Waals surface area contributed by atoms with Crippen molar-refractivity contribution in [1.29, 1.82) is 0 Å². The Hall–Kier alpha value is -2.17. The predicted molar refractivity (Wildman–Crippen MR) is 133 cm³/mol. The largest absolute Gasteiger partial charge is 0.481 e. The lowest BCUT2D eigenvalue weighted by atomic mass is 10.0. The first-order chi connectivity index (χ1) is 15.2. The standard InChI is InChI=1S/C23H22IN5OS/c1-15-8-9-20-17(12-25-29(20)31-24)21(15)22-26-19-10-11-28(13-16-6-4-3-5-7-16)14-18(19)23(27-22)30-2/h3-9,12H,10-11,13-14H2,1-2H3. The average molecular weight is 543 g/mol. The lowest BCUT2D eigenvalue weighted by molar-refractivity contribution is 0.236. The van der Waals surface area contributed by atoms with Gasteiger partial charge in [0.15, 0.2) is 5.82 Å². The van der Waals surface area contributed by atoms with Crippen LogP contribution in [-0.2, 0) is 19.5 Å². The van der Waals surface area contributed by atoms with Crippen LogP contribution in [0.2, 0.25) is 0 Å². The van der Waals surface area contributed by atoms with Gasteiger partial charge >= 0.3 is 0 Å². The number of rotatable bonds is 5. The van der Waals surface area contributed by atoms with E-state index < -0.39 is 0 Å². The molecule has 0 saturated carbocycles. The molecule has 2 aromatic carbocycles. The summed E-state index contributed by atoms with van der Waals surface area (Å²) in [5.74, 6) is 1.39. The molecule has 3 heterocycles. The second-order valence-corrected chi connectivity index (χ2v) is 9.37. The Morgan fingerprint density at radius 3 is 2.74 bits per heavy atom. The fourth-order valence-corrected chi connectivity index (χ4v) is 5.49. The van der Waals surface area contributed by atoms with E-state index in [1.54, 1.807) is 16.2 Å². The van der Waals surface area contributed by atoms with E-state index in [0.29, 0.717) is 11.7 Å². The molecule has 0 spiro atoms. The smallest absolute Gasteiger partial charge is 0.221 e. The Kier molecular flexibility index (Phi) is 5.85. The van der Waals surface area contributed by atoms with Crippen molar-refractivity contribution in [3.8, 4) is 17.3 Å². The molecule has 5 rings (SSSR count). The average Bonchev–Trinajstić information content (AvgIpc) is 3.22. The van der Waals surface area contributed by atoms with Crippen LogP contribution in [0, 0.1) is 6.92 Å². The van der Waals surface area contributed by atoms with Gasteiger partial charge in [-0.05, 0) is 24.1 Å². The first-order valence-corrected chi connectivity index (χ1v) is 13.5. The van der Waals surface area contributed by atoms with Gasteiger partial charge in [-0.15, -0.1) is 0 Å². The molecule has 0 fully saturated rings. The van der Waals surface area contributed by atoms with Crippen LogP contribution >= 0.6 is 30.3 Å². The van der Waals surface area contributed by atoms with E-state index in [1.807, 2.05) is 10.3 Å². The highest BCUT2D eigenvalue weighted by molar-refractivity contribution is 14.2. The van der Waals surface area contributed by atoms with Gasteiger partial charge in [0.1, 0.15) is 0 Å². The maximum Gasteiger partial charge on any atom is 0.221 e. The molecule has 0 bridgehead atoms. The van der Waals surface area contributed by atoms with Crippen molar-refractivity contribution in [2.45, 2.75) is 26.4 Å². The molecule has 6 nitrogen and oxygen atoms in total. The molecule has 0 atom stereocenters. The molecule has 0 N–H and O–H groups in total. The number of hydrogen-bond acceptors (Lipinski definition) is 6. The lowest BCUT2D eigenvalue weighted by Gasteiger charge is -2.29. The summed E-state index contributed by atoms with van der Waals surface area (Å²) < 4.78 is 7.66. The van der Waals surface area contributed by atoms with Gasteiger partial charge in [0.2, 0.25) is 5.88 Å². The second kappa shape index (κ2) is 8.76. The van der Waals surface area contributed by atoms with E-state index in [0.717, 1.165) is 59.3 Å². The molecule has 1 aliphatic rings. The number of aromatic nitrogens is 4. The third-order valence-electron chi connectivity index (χ3n) is 5.76. The molecule has 158 valence electrons. The third kappa shape index (κ3) is 3.92. The monoisotopic (exact) mass is 543 g/mol. The number of halogens is 1. The normalized spacial score (nSPS) is 14.0. The van der Waals surface area contributed by atoms with Crippen molar-refractivity contribution in [2.24, 2.45) is 0 Å². The molecule has 31 heavy (non-hydrogen) atoms. The number of methoxy groups -OCH3 is 1. The molecular formula is C23H22IN5OS. The Labute approximate surface area is 197 Å². The topological polar surface area (TPSA) is 56.1 Å². The zero-order chi connectivity index (χ0) is 21.4. The molecule has 0 saturated heterocycles. The molecule has 0 unspecified atom stereocenters. The highest BCUT2D eigenvalue weighted by atomic mass is 127. The number of nitrogens with zero attached hydrogens (tertiary/aromatic N) is 5. The van der Waals surface area contributed by atoms with Gasteiger partial charge in [0, 0.05) is 72.9 Å². The van der Waals surface area contributed by atoms with Crippen molar-refractivity contribution < 1.29 is 4.74 Å². The summed E-state index contributed by atoms with van der Waals surface area (Å²) in [6, 6.07) is 14.8. The second-order valence-electron chi connectivity index (χ2n) is 7.70. The fourth-order valence-electron chi connectivity index (χ4n) is 4.24. The molecule has 2 aromatic heterocycles. The molecule has 0 radical (unpaired) electrons. The molecule has 4 aromatic rings. The summed E-state index contributed by atoms with van der Waals surface area (Å²) in [5.41, 5.74) is 6.72. The van der Waals surface area contributed by atoms with E-state index in [4.69, 9.17) is 14.7 Å². The van der Waals surface area contributed by atoms with Crippen LogP contribution < -0.4 is 4.74 Å². The van der Waals surface area contributed by atoms with Crippen LogP contribution in [-0.4, -0.2) is 37.7 Å². The summed E-state index contributed by atoms with van der Waals surface area (Å²) in [7, 11) is 3.25. The van der Waals surface area contributed by atoms with Crippen LogP contribution in [0.4, 0.5) is 0 Å². The Balaban J connectivity index is 1.54. The van der Waals surface area contributed by atoms with Crippen molar-refractivity contribution >= 4 is 41.2 Å². The van der Waals surface area contributed by atoms with Gasteiger partial charge in [-0.3, -0.25) is 4.90 Å². The minimum absolute atomic E-state index is 0.671. The van der Waals surface area contributed by atoms with E-state index in [-0.39, 0.29) is 0 Å². The van der Waals surface area contributed by atoms with Gasteiger partial charge < -0.3 is 4.74 Å². The Morgan fingerprint density at radius 2 is 1.97 bits per heavy atom. The van der Waals surface area contributed by atoms with E-state index in [2.05, 4.69) is 80.6 Å². The summed E-state index contributed by atoms with van der Waals surface area (Å²) in [5, 5.41) is 5.56. The van der Waals surface area contributed by atoms with E-state index in [9.17, 15) is 0 Å². The quantitative estimate of drug-likeness (QED) is 0.322. The van der Waals surface area contributed by atoms with Gasteiger partial charge in [-0.25, -0.2) is 4.98 Å². The van der Waals surface area contributed by atoms with Crippen molar-refractivity contribution in [3.05, 3.63) is 71.0 Å².